The number of carboxylic acids is 1. The first-order valence-electron chi connectivity index (χ1n) is 4.88. The van der Waals surface area contributed by atoms with E-state index >= 15 is 0 Å². The summed E-state index contributed by atoms with van der Waals surface area (Å²) in [4.78, 5) is 24.6. The fraction of sp³-hybridized carbons (Fsp3) is 0.400. The van der Waals surface area contributed by atoms with Crippen molar-refractivity contribution < 1.29 is 9.90 Å². The molecule has 0 saturated carbocycles. The topological polar surface area (TPSA) is 91.7 Å². The molecule has 86 valence electrons. The van der Waals surface area contributed by atoms with Gasteiger partial charge in [0.15, 0.2) is 0 Å². The Bertz CT molecular complexity index is 342. The summed E-state index contributed by atoms with van der Waals surface area (Å²) in [7, 11) is 0. The molecule has 0 aromatic carbocycles. The highest BCUT2D eigenvalue weighted by molar-refractivity contribution is 5.73. The van der Waals surface area contributed by atoms with Gasteiger partial charge in [-0.15, -0.1) is 4.91 Å². The molecule has 1 unspecified atom stereocenters. The number of carbonyl (C=O) groups is 1. The van der Waals surface area contributed by atoms with Crippen LogP contribution in [0, 0.1) is 4.91 Å². The molecule has 16 heavy (non-hydrogen) atoms. The van der Waals surface area contributed by atoms with Crippen molar-refractivity contribution >= 4 is 5.97 Å². The summed E-state index contributed by atoms with van der Waals surface area (Å²) in [6, 6.07) is 2.92. The molecule has 0 amide bonds. The van der Waals surface area contributed by atoms with Crippen molar-refractivity contribution in [1.29, 1.82) is 0 Å². The van der Waals surface area contributed by atoms with Crippen LogP contribution in [-0.4, -0.2) is 28.8 Å². The van der Waals surface area contributed by atoms with Gasteiger partial charge in [-0.1, -0.05) is 11.2 Å². The Kier molecular flexibility index (Phi) is 5.07. The lowest BCUT2D eigenvalue weighted by Gasteiger charge is -2.11. The monoisotopic (exact) mass is 223 g/mol. The summed E-state index contributed by atoms with van der Waals surface area (Å²) in [6.45, 7) is -0.190. The Morgan fingerprint density at radius 1 is 1.62 bits per heavy atom. The second-order valence-electron chi connectivity index (χ2n) is 3.28. The van der Waals surface area contributed by atoms with Crippen LogP contribution < -0.4 is 5.32 Å². The molecular weight excluding hydrogens is 210 g/mol. The van der Waals surface area contributed by atoms with E-state index in [1.54, 1.807) is 18.5 Å². The Balaban J connectivity index is 2.43. The van der Waals surface area contributed by atoms with Crippen LogP contribution in [0.2, 0.25) is 0 Å². The van der Waals surface area contributed by atoms with E-state index in [4.69, 9.17) is 5.11 Å². The molecule has 0 spiro atoms. The highest BCUT2D eigenvalue weighted by atomic mass is 16.4. The fourth-order valence-corrected chi connectivity index (χ4v) is 1.32. The van der Waals surface area contributed by atoms with Crippen molar-refractivity contribution in [3.05, 3.63) is 35.0 Å². The highest BCUT2D eigenvalue weighted by Gasteiger charge is 2.16. The highest BCUT2D eigenvalue weighted by Crippen LogP contribution is 2.03. The number of aliphatic carboxylic acids is 1. The van der Waals surface area contributed by atoms with Crippen LogP contribution in [0.4, 0.5) is 0 Å². The third-order valence-electron chi connectivity index (χ3n) is 2.14. The van der Waals surface area contributed by atoms with Gasteiger partial charge in [-0.2, -0.15) is 0 Å². The second-order valence-corrected chi connectivity index (χ2v) is 3.28. The quantitative estimate of drug-likeness (QED) is 0.666. The van der Waals surface area contributed by atoms with Crippen molar-refractivity contribution in [2.24, 2.45) is 5.18 Å². The van der Waals surface area contributed by atoms with Crippen LogP contribution in [0.15, 0.2) is 29.7 Å². The minimum Gasteiger partial charge on any atom is -0.480 e. The molecule has 0 fully saturated rings. The second kappa shape index (κ2) is 6.62. The fourth-order valence-electron chi connectivity index (χ4n) is 1.32. The van der Waals surface area contributed by atoms with Gasteiger partial charge in [0.1, 0.15) is 12.7 Å². The average molecular weight is 223 g/mol. The number of carboxylic acid groups (broad SMARTS) is 1. The number of hydrogen-bond donors (Lipinski definition) is 2. The molecule has 1 rings (SSSR count). The van der Waals surface area contributed by atoms with E-state index in [9.17, 15) is 9.70 Å². The van der Waals surface area contributed by atoms with Gasteiger partial charge in [0.2, 0.25) is 0 Å². The molecule has 0 aliphatic heterocycles. The number of aromatic nitrogens is 1. The minimum absolute atomic E-state index is 0.190. The third-order valence-corrected chi connectivity index (χ3v) is 2.14. The molecule has 6 heteroatoms. The molecule has 0 aliphatic rings. The van der Waals surface area contributed by atoms with Gasteiger partial charge in [-0.05, 0) is 24.5 Å². The summed E-state index contributed by atoms with van der Waals surface area (Å²) >= 11 is 0. The molecule has 0 radical (unpaired) electrons. The maximum atomic E-state index is 10.8. The first kappa shape index (κ1) is 12.3. The zero-order chi connectivity index (χ0) is 11.8. The lowest BCUT2D eigenvalue weighted by Crippen LogP contribution is -2.37. The number of hydrogen-bond acceptors (Lipinski definition) is 5. The van der Waals surface area contributed by atoms with E-state index in [-0.39, 0.29) is 6.67 Å². The van der Waals surface area contributed by atoms with Crippen molar-refractivity contribution in [3.8, 4) is 0 Å². The van der Waals surface area contributed by atoms with Gasteiger partial charge >= 0.3 is 5.97 Å². The lowest BCUT2D eigenvalue weighted by molar-refractivity contribution is -0.139. The maximum absolute atomic E-state index is 10.8. The van der Waals surface area contributed by atoms with Crippen LogP contribution in [0.3, 0.4) is 0 Å². The van der Waals surface area contributed by atoms with E-state index in [1.807, 2.05) is 6.07 Å². The van der Waals surface area contributed by atoms with Gasteiger partial charge in [0.05, 0.1) is 0 Å². The normalized spacial score (nSPS) is 12.0. The molecule has 2 N–H and O–H groups in total. The number of nitrogens with one attached hydrogen (secondary N) is 1. The zero-order valence-electron chi connectivity index (χ0n) is 8.67. The summed E-state index contributed by atoms with van der Waals surface area (Å²) in [5.41, 5.74) is 0.967. The van der Waals surface area contributed by atoms with Crippen molar-refractivity contribution in [2.45, 2.75) is 18.9 Å². The van der Waals surface area contributed by atoms with E-state index in [0.29, 0.717) is 12.8 Å². The van der Waals surface area contributed by atoms with E-state index in [2.05, 4.69) is 15.5 Å². The molecule has 0 saturated heterocycles. The summed E-state index contributed by atoms with van der Waals surface area (Å²) in [6.07, 6.45) is 4.34. The van der Waals surface area contributed by atoms with Gasteiger partial charge in [-0.3, -0.25) is 15.1 Å². The molecule has 1 aromatic heterocycles. The van der Waals surface area contributed by atoms with Gasteiger partial charge < -0.3 is 5.11 Å². The number of rotatable bonds is 7. The largest absolute Gasteiger partial charge is 0.480 e. The first-order chi connectivity index (χ1) is 7.74. The molecule has 1 aromatic rings. The van der Waals surface area contributed by atoms with Crippen LogP contribution in [-0.2, 0) is 11.2 Å². The van der Waals surface area contributed by atoms with Crippen LogP contribution >= 0.6 is 0 Å². The Labute approximate surface area is 92.7 Å². The van der Waals surface area contributed by atoms with Crippen molar-refractivity contribution in [3.63, 3.8) is 0 Å². The number of nitrogens with zero attached hydrogens (tertiary/aromatic N) is 2. The molecular formula is C10H13N3O3. The Hall–Kier alpha value is -1.82. The lowest BCUT2D eigenvalue weighted by atomic mass is 10.1. The molecule has 0 aliphatic carbocycles. The standard InChI is InChI=1S/C10H13N3O3/c14-10(15)9(12-7-13-16)4-3-8-2-1-5-11-6-8/h1-2,5-6,9,12H,3-4,7H2,(H,14,15). The van der Waals surface area contributed by atoms with E-state index < -0.39 is 12.0 Å². The molecule has 1 atom stereocenters. The molecule has 0 bridgehead atoms. The zero-order valence-corrected chi connectivity index (χ0v) is 8.67. The van der Waals surface area contributed by atoms with E-state index in [1.165, 1.54) is 0 Å². The van der Waals surface area contributed by atoms with Crippen LogP contribution in [0.1, 0.15) is 12.0 Å². The third kappa shape index (κ3) is 4.14. The molecule has 6 nitrogen and oxygen atoms in total. The van der Waals surface area contributed by atoms with Gasteiger partial charge in [-0.25, -0.2) is 0 Å². The van der Waals surface area contributed by atoms with Crippen LogP contribution in [0.5, 0.6) is 0 Å². The summed E-state index contributed by atoms with van der Waals surface area (Å²) in [5, 5.41) is 14.0. The summed E-state index contributed by atoms with van der Waals surface area (Å²) < 4.78 is 0. The van der Waals surface area contributed by atoms with Crippen molar-refractivity contribution in [2.75, 3.05) is 6.67 Å². The van der Waals surface area contributed by atoms with Crippen molar-refractivity contribution in [1.82, 2.24) is 10.3 Å². The predicted molar refractivity (Wildman–Crippen MR) is 57.8 cm³/mol. The molecule has 1 heterocycles. The number of pyridine rings is 1. The summed E-state index contributed by atoms with van der Waals surface area (Å²) in [5.74, 6) is -0.979. The van der Waals surface area contributed by atoms with Crippen LogP contribution in [0.25, 0.3) is 0 Å². The maximum Gasteiger partial charge on any atom is 0.320 e. The van der Waals surface area contributed by atoms with Gasteiger partial charge in [0, 0.05) is 12.4 Å². The SMILES string of the molecule is O=NCNC(CCc1cccnc1)C(=O)O. The van der Waals surface area contributed by atoms with E-state index in [0.717, 1.165) is 5.56 Å². The van der Waals surface area contributed by atoms with Gasteiger partial charge in [0.25, 0.3) is 0 Å². The Morgan fingerprint density at radius 3 is 3.00 bits per heavy atom. The first-order valence-corrected chi connectivity index (χ1v) is 4.88. The smallest absolute Gasteiger partial charge is 0.320 e. The number of aryl methyl sites for hydroxylation is 1. The Morgan fingerprint density at radius 2 is 2.44 bits per heavy atom. The number of nitroso groups, excluding NO2 is 1. The predicted octanol–water partition coefficient (Wildman–Crippen LogP) is 0.781. The minimum atomic E-state index is -0.979. The average Bonchev–Trinajstić information content (AvgIpc) is 2.30.